The number of carbonyl (C=O) groups is 1. The molecule has 1 aromatic carbocycles. The molecule has 2 atom stereocenters. The molecule has 1 rings (SSSR count). The number of hydrogen-bond acceptors (Lipinski definition) is 3. The van der Waals surface area contributed by atoms with Crippen LogP contribution in [0.2, 0.25) is 0 Å². The molecule has 1 aromatic rings. The van der Waals surface area contributed by atoms with Crippen molar-refractivity contribution in [3.8, 4) is 0 Å². The number of rotatable bonds is 7. The van der Waals surface area contributed by atoms with Crippen LogP contribution in [0.4, 0.5) is 10.1 Å². The van der Waals surface area contributed by atoms with E-state index >= 15 is 0 Å². The van der Waals surface area contributed by atoms with E-state index in [0.29, 0.717) is 25.1 Å². The average Bonchev–Trinajstić information content (AvgIpc) is 2.27. The van der Waals surface area contributed by atoms with Crippen molar-refractivity contribution in [2.75, 3.05) is 11.9 Å². The lowest BCUT2D eigenvalue weighted by molar-refractivity contribution is -0.116. The average molecular weight is 268 g/mol. The zero-order valence-corrected chi connectivity index (χ0v) is 11.3. The van der Waals surface area contributed by atoms with Gasteiger partial charge in [0.05, 0.1) is 6.10 Å². The fourth-order valence-corrected chi connectivity index (χ4v) is 1.67. The van der Waals surface area contributed by atoms with Gasteiger partial charge in [-0.05, 0) is 45.0 Å². The zero-order chi connectivity index (χ0) is 14.3. The second-order valence-electron chi connectivity index (χ2n) is 4.76. The molecule has 0 fully saturated rings. The number of halogens is 1. The predicted octanol–water partition coefficient (Wildman–Crippen LogP) is 1.90. The summed E-state index contributed by atoms with van der Waals surface area (Å²) in [4.78, 5) is 11.7. The van der Waals surface area contributed by atoms with E-state index in [2.05, 4.69) is 10.6 Å². The van der Waals surface area contributed by atoms with Gasteiger partial charge >= 0.3 is 0 Å². The molecule has 0 radical (unpaired) electrons. The van der Waals surface area contributed by atoms with Gasteiger partial charge in [0.2, 0.25) is 5.91 Å². The van der Waals surface area contributed by atoms with Crippen molar-refractivity contribution in [3.05, 3.63) is 30.1 Å². The Morgan fingerprint density at radius 3 is 2.79 bits per heavy atom. The van der Waals surface area contributed by atoms with Gasteiger partial charge < -0.3 is 15.7 Å². The predicted molar refractivity (Wildman–Crippen MR) is 73.4 cm³/mol. The number of aliphatic hydroxyl groups is 1. The maximum absolute atomic E-state index is 12.9. The van der Waals surface area contributed by atoms with Crippen LogP contribution in [0.3, 0.4) is 0 Å². The Morgan fingerprint density at radius 1 is 1.42 bits per heavy atom. The lowest BCUT2D eigenvalue weighted by Crippen LogP contribution is -2.32. The van der Waals surface area contributed by atoms with E-state index in [1.165, 1.54) is 12.1 Å². The van der Waals surface area contributed by atoms with Crippen LogP contribution in [-0.2, 0) is 4.79 Å². The minimum Gasteiger partial charge on any atom is -0.393 e. The van der Waals surface area contributed by atoms with Gasteiger partial charge in [-0.1, -0.05) is 6.07 Å². The van der Waals surface area contributed by atoms with Crippen molar-refractivity contribution in [2.45, 2.75) is 38.8 Å². The standard InChI is InChI=1S/C14H21FN2O2/c1-10(16-7-6-11(2)18)8-14(19)17-13-5-3-4-12(15)9-13/h3-5,9-11,16,18H,6-8H2,1-2H3,(H,17,19). The molecule has 0 aliphatic rings. The molecule has 0 bridgehead atoms. The third-order valence-electron chi connectivity index (χ3n) is 2.65. The number of amides is 1. The fourth-order valence-electron chi connectivity index (χ4n) is 1.67. The summed E-state index contributed by atoms with van der Waals surface area (Å²) < 4.78 is 12.9. The van der Waals surface area contributed by atoms with Crippen molar-refractivity contribution in [1.29, 1.82) is 0 Å². The third-order valence-corrected chi connectivity index (χ3v) is 2.65. The van der Waals surface area contributed by atoms with Crippen LogP contribution in [-0.4, -0.2) is 29.7 Å². The van der Waals surface area contributed by atoms with E-state index in [4.69, 9.17) is 5.11 Å². The molecule has 0 spiro atoms. The summed E-state index contributed by atoms with van der Waals surface area (Å²) in [5.74, 6) is -0.538. The van der Waals surface area contributed by atoms with Crippen molar-refractivity contribution < 1.29 is 14.3 Å². The van der Waals surface area contributed by atoms with E-state index < -0.39 is 0 Å². The molecule has 0 heterocycles. The van der Waals surface area contributed by atoms with E-state index in [1.54, 1.807) is 19.1 Å². The number of nitrogens with one attached hydrogen (secondary N) is 2. The van der Waals surface area contributed by atoms with Crippen molar-refractivity contribution in [2.24, 2.45) is 0 Å². The van der Waals surface area contributed by atoms with Gasteiger partial charge in [0.25, 0.3) is 0 Å². The third kappa shape index (κ3) is 6.88. The molecule has 0 aliphatic heterocycles. The first kappa shape index (κ1) is 15.6. The van der Waals surface area contributed by atoms with Crippen LogP contribution in [0.25, 0.3) is 0 Å². The second kappa shape index (κ2) is 7.86. The molecule has 106 valence electrons. The molecule has 0 aliphatic carbocycles. The first-order valence-corrected chi connectivity index (χ1v) is 6.44. The van der Waals surface area contributed by atoms with Crippen LogP contribution in [0, 0.1) is 5.82 Å². The maximum Gasteiger partial charge on any atom is 0.225 e. The molecular formula is C14H21FN2O2. The van der Waals surface area contributed by atoms with Gasteiger partial charge in [-0.15, -0.1) is 0 Å². The number of anilines is 1. The van der Waals surface area contributed by atoms with Gasteiger partial charge in [0, 0.05) is 18.2 Å². The van der Waals surface area contributed by atoms with E-state index in [-0.39, 0.29) is 23.9 Å². The highest BCUT2D eigenvalue weighted by molar-refractivity contribution is 5.91. The SMILES string of the molecule is CC(O)CCNC(C)CC(=O)Nc1cccc(F)c1. The molecule has 19 heavy (non-hydrogen) atoms. The molecule has 4 nitrogen and oxygen atoms in total. The highest BCUT2D eigenvalue weighted by atomic mass is 19.1. The summed E-state index contributed by atoms with van der Waals surface area (Å²) in [5.41, 5.74) is 0.459. The summed E-state index contributed by atoms with van der Waals surface area (Å²) in [5, 5.41) is 14.9. The van der Waals surface area contributed by atoms with Gasteiger partial charge in [-0.3, -0.25) is 4.79 Å². The normalized spacial score (nSPS) is 13.9. The van der Waals surface area contributed by atoms with E-state index in [9.17, 15) is 9.18 Å². The molecule has 1 amide bonds. The topological polar surface area (TPSA) is 61.4 Å². The summed E-state index contributed by atoms with van der Waals surface area (Å²) in [6.45, 7) is 4.28. The van der Waals surface area contributed by atoms with Gasteiger partial charge in [0.1, 0.15) is 5.82 Å². The van der Waals surface area contributed by atoms with Crippen LogP contribution < -0.4 is 10.6 Å². The molecular weight excluding hydrogens is 247 g/mol. The minimum absolute atomic E-state index is 0.00677. The van der Waals surface area contributed by atoms with Crippen LogP contribution in [0.15, 0.2) is 24.3 Å². The lowest BCUT2D eigenvalue weighted by atomic mass is 10.2. The highest BCUT2D eigenvalue weighted by Crippen LogP contribution is 2.09. The summed E-state index contributed by atoms with van der Waals surface area (Å²) in [6, 6.07) is 5.81. The van der Waals surface area contributed by atoms with Crippen LogP contribution in [0.1, 0.15) is 26.7 Å². The van der Waals surface area contributed by atoms with Gasteiger partial charge in [-0.25, -0.2) is 4.39 Å². The Bertz CT molecular complexity index is 410. The Labute approximate surface area is 113 Å². The van der Waals surface area contributed by atoms with Gasteiger partial charge in [-0.2, -0.15) is 0 Å². The van der Waals surface area contributed by atoms with E-state index in [0.717, 1.165) is 0 Å². The monoisotopic (exact) mass is 268 g/mol. The number of carbonyl (C=O) groups excluding carboxylic acids is 1. The number of hydrogen-bond donors (Lipinski definition) is 3. The van der Waals surface area contributed by atoms with Crippen molar-refractivity contribution in [1.82, 2.24) is 5.32 Å². The Morgan fingerprint density at radius 2 is 2.16 bits per heavy atom. The van der Waals surface area contributed by atoms with Crippen LogP contribution in [0.5, 0.6) is 0 Å². The Kier molecular flexibility index (Phi) is 6.45. The summed E-state index contributed by atoms with van der Waals surface area (Å²) in [7, 11) is 0. The lowest BCUT2D eigenvalue weighted by Gasteiger charge is -2.14. The molecule has 0 saturated heterocycles. The summed E-state index contributed by atoms with van der Waals surface area (Å²) in [6.07, 6.45) is 0.604. The maximum atomic E-state index is 12.9. The first-order chi connectivity index (χ1) is 8.97. The smallest absolute Gasteiger partial charge is 0.225 e. The fraction of sp³-hybridized carbons (Fsp3) is 0.500. The molecule has 2 unspecified atom stereocenters. The van der Waals surface area contributed by atoms with Crippen molar-refractivity contribution in [3.63, 3.8) is 0 Å². The van der Waals surface area contributed by atoms with Crippen molar-refractivity contribution >= 4 is 11.6 Å². The second-order valence-corrected chi connectivity index (χ2v) is 4.76. The molecule has 5 heteroatoms. The Balaban J connectivity index is 2.30. The largest absolute Gasteiger partial charge is 0.393 e. The quantitative estimate of drug-likeness (QED) is 0.708. The Hall–Kier alpha value is -1.46. The molecule has 3 N–H and O–H groups in total. The van der Waals surface area contributed by atoms with Gasteiger partial charge in [0.15, 0.2) is 0 Å². The molecule has 0 saturated carbocycles. The number of aliphatic hydroxyl groups excluding tert-OH is 1. The van der Waals surface area contributed by atoms with Crippen LogP contribution >= 0.6 is 0 Å². The highest BCUT2D eigenvalue weighted by Gasteiger charge is 2.09. The molecule has 0 aromatic heterocycles. The minimum atomic E-state index is -0.374. The zero-order valence-electron chi connectivity index (χ0n) is 11.3. The van der Waals surface area contributed by atoms with E-state index in [1.807, 2.05) is 6.92 Å². The summed E-state index contributed by atoms with van der Waals surface area (Å²) >= 11 is 0. The number of benzene rings is 1. The first-order valence-electron chi connectivity index (χ1n) is 6.44.